The van der Waals surface area contributed by atoms with E-state index in [1.807, 2.05) is 0 Å². The summed E-state index contributed by atoms with van der Waals surface area (Å²) >= 11 is 1.64. The van der Waals surface area contributed by atoms with Crippen LogP contribution in [0, 0.1) is 11.8 Å². The minimum atomic E-state index is 0.0435. The Morgan fingerprint density at radius 2 is 1.77 bits per heavy atom. The molecule has 2 atom stereocenters. The summed E-state index contributed by atoms with van der Waals surface area (Å²) in [5, 5.41) is 10.5. The Labute approximate surface area is 158 Å². The van der Waals surface area contributed by atoms with E-state index in [0.29, 0.717) is 18.4 Å². The van der Waals surface area contributed by atoms with Crippen molar-refractivity contribution in [3.8, 4) is 0 Å². The molecule has 0 aliphatic carbocycles. The van der Waals surface area contributed by atoms with Crippen molar-refractivity contribution >= 4 is 22.3 Å². The van der Waals surface area contributed by atoms with Gasteiger partial charge in [0.05, 0.1) is 5.69 Å². The van der Waals surface area contributed by atoms with Crippen LogP contribution in [0.2, 0.25) is 0 Å². The molecule has 0 N–H and O–H groups in total. The van der Waals surface area contributed by atoms with Crippen molar-refractivity contribution in [1.82, 2.24) is 20.2 Å². The predicted octanol–water partition coefficient (Wildman–Crippen LogP) is 2.34. The maximum absolute atomic E-state index is 5.15. The molecular weight excluding hydrogens is 348 g/mol. The van der Waals surface area contributed by atoms with E-state index in [1.54, 1.807) is 24.8 Å². The molecule has 2 aromatic heterocycles. The molecule has 0 bridgehead atoms. The van der Waals surface area contributed by atoms with Crippen molar-refractivity contribution in [2.24, 2.45) is 11.8 Å². The van der Waals surface area contributed by atoms with E-state index >= 15 is 0 Å². The summed E-state index contributed by atoms with van der Waals surface area (Å²) in [5.74, 6) is 2.36. The summed E-state index contributed by atoms with van der Waals surface area (Å²) in [7, 11) is 1.69. The number of nitrogens with zero attached hydrogens (tertiary/aromatic N) is 6. The topological polar surface area (TPSA) is 67.3 Å². The summed E-state index contributed by atoms with van der Waals surface area (Å²) in [6.07, 6.45) is 1.70. The van der Waals surface area contributed by atoms with Gasteiger partial charge in [-0.2, -0.15) is 0 Å². The molecule has 0 radical (unpaired) electrons. The Bertz CT molecular complexity index is 759. The van der Waals surface area contributed by atoms with Crippen molar-refractivity contribution in [1.29, 1.82) is 0 Å². The molecule has 4 heterocycles. The molecule has 0 amide bonds. The third-order valence-electron chi connectivity index (χ3n) is 5.23. The van der Waals surface area contributed by atoms with Gasteiger partial charge in [-0.05, 0) is 0 Å². The number of anilines is 2. The molecule has 7 nitrogen and oxygen atoms in total. The van der Waals surface area contributed by atoms with Gasteiger partial charge in [0.1, 0.15) is 23.8 Å². The Balaban J connectivity index is 1.42. The number of ether oxygens (including phenoxy) is 1. The van der Waals surface area contributed by atoms with Gasteiger partial charge in [-0.15, -0.1) is 10.2 Å². The van der Waals surface area contributed by atoms with E-state index in [9.17, 15) is 0 Å². The average molecular weight is 375 g/mol. The predicted molar refractivity (Wildman–Crippen MR) is 103 cm³/mol. The van der Waals surface area contributed by atoms with Crippen LogP contribution in [0.15, 0.2) is 12.4 Å². The molecule has 2 unspecified atom stereocenters. The summed E-state index contributed by atoms with van der Waals surface area (Å²) in [6.45, 7) is 11.3. The average Bonchev–Trinajstić information content (AvgIpc) is 3.28. The van der Waals surface area contributed by atoms with E-state index in [0.717, 1.165) is 47.8 Å². The first-order valence-corrected chi connectivity index (χ1v) is 9.89. The molecule has 26 heavy (non-hydrogen) atoms. The second-order valence-electron chi connectivity index (χ2n) is 8.25. The zero-order valence-electron chi connectivity index (χ0n) is 15.8. The standard InChI is InChI=1S/C18H26N6OS/c1-18(2,3)14-5-15(20-11-19-14)23-6-12-8-24(9-13(12)7-23)17-22-21-16(26-17)10-25-4/h5,11-13H,6-10H2,1-4H3. The molecule has 2 aromatic rings. The van der Waals surface area contributed by atoms with Crippen LogP contribution in [0.4, 0.5) is 10.9 Å². The highest BCUT2D eigenvalue weighted by Gasteiger charge is 2.41. The minimum absolute atomic E-state index is 0.0435. The third kappa shape index (κ3) is 3.40. The minimum Gasteiger partial charge on any atom is -0.377 e. The fraction of sp³-hybridized carbons (Fsp3) is 0.667. The fourth-order valence-electron chi connectivity index (χ4n) is 3.82. The summed E-state index contributed by atoms with van der Waals surface area (Å²) in [5.41, 5.74) is 1.14. The molecule has 140 valence electrons. The smallest absolute Gasteiger partial charge is 0.208 e. The number of methoxy groups -OCH3 is 1. The lowest BCUT2D eigenvalue weighted by molar-refractivity contribution is 0.184. The second kappa shape index (κ2) is 6.74. The van der Waals surface area contributed by atoms with Gasteiger partial charge >= 0.3 is 0 Å². The van der Waals surface area contributed by atoms with E-state index < -0.39 is 0 Å². The first-order chi connectivity index (χ1) is 12.4. The molecule has 0 spiro atoms. The molecule has 2 aliphatic heterocycles. The number of hydrogen-bond acceptors (Lipinski definition) is 8. The van der Waals surface area contributed by atoms with Crippen LogP contribution >= 0.6 is 11.3 Å². The van der Waals surface area contributed by atoms with Crippen LogP contribution in [0.1, 0.15) is 31.5 Å². The quantitative estimate of drug-likeness (QED) is 0.814. The highest BCUT2D eigenvalue weighted by atomic mass is 32.1. The van der Waals surface area contributed by atoms with Crippen molar-refractivity contribution in [2.45, 2.75) is 32.8 Å². The van der Waals surface area contributed by atoms with Crippen molar-refractivity contribution < 1.29 is 4.74 Å². The number of rotatable bonds is 4. The number of hydrogen-bond donors (Lipinski definition) is 0. The molecule has 8 heteroatoms. The normalized spacial score (nSPS) is 22.9. The van der Waals surface area contributed by atoms with Gasteiger partial charge in [-0.3, -0.25) is 0 Å². The largest absolute Gasteiger partial charge is 0.377 e. The molecule has 0 saturated carbocycles. The van der Waals surface area contributed by atoms with Crippen LogP contribution < -0.4 is 9.80 Å². The van der Waals surface area contributed by atoms with E-state index in [2.05, 4.69) is 56.8 Å². The molecular formula is C18H26N6OS. The van der Waals surface area contributed by atoms with E-state index in [-0.39, 0.29) is 5.41 Å². The van der Waals surface area contributed by atoms with Gasteiger partial charge in [0.25, 0.3) is 0 Å². The van der Waals surface area contributed by atoms with Crippen LogP contribution in [-0.4, -0.2) is 53.5 Å². The van der Waals surface area contributed by atoms with Gasteiger partial charge in [0, 0.05) is 56.6 Å². The third-order valence-corrected chi connectivity index (χ3v) is 6.18. The fourth-order valence-corrected chi connectivity index (χ4v) is 4.65. The lowest BCUT2D eigenvalue weighted by Crippen LogP contribution is -2.29. The van der Waals surface area contributed by atoms with Crippen LogP contribution in [0.5, 0.6) is 0 Å². The lowest BCUT2D eigenvalue weighted by Gasteiger charge is -2.24. The Morgan fingerprint density at radius 3 is 2.42 bits per heavy atom. The van der Waals surface area contributed by atoms with Gasteiger partial charge in [0.2, 0.25) is 5.13 Å². The van der Waals surface area contributed by atoms with Crippen LogP contribution in [0.3, 0.4) is 0 Å². The van der Waals surface area contributed by atoms with E-state index in [4.69, 9.17) is 4.74 Å². The van der Waals surface area contributed by atoms with E-state index in [1.165, 1.54) is 0 Å². The van der Waals surface area contributed by atoms with Crippen molar-refractivity contribution in [3.05, 3.63) is 23.1 Å². The first-order valence-electron chi connectivity index (χ1n) is 9.08. The van der Waals surface area contributed by atoms with Gasteiger partial charge in [-0.1, -0.05) is 32.1 Å². The second-order valence-corrected chi connectivity index (χ2v) is 9.29. The molecule has 2 saturated heterocycles. The Kier molecular flexibility index (Phi) is 4.56. The summed E-state index contributed by atoms with van der Waals surface area (Å²) in [4.78, 5) is 13.8. The lowest BCUT2D eigenvalue weighted by atomic mass is 9.92. The Hall–Kier alpha value is -1.80. The molecule has 2 aliphatic rings. The highest BCUT2D eigenvalue weighted by Crippen LogP contribution is 2.37. The number of aromatic nitrogens is 4. The van der Waals surface area contributed by atoms with Gasteiger partial charge in [-0.25, -0.2) is 9.97 Å². The Morgan fingerprint density at radius 1 is 1.08 bits per heavy atom. The maximum Gasteiger partial charge on any atom is 0.208 e. The molecule has 4 rings (SSSR count). The highest BCUT2D eigenvalue weighted by molar-refractivity contribution is 7.15. The molecule has 2 fully saturated rings. The zero-order chi connectivity index (χ0) is 18.3. The van der Waals surface area contributed by atoms with Crippen molar-refractivity contribution in [2.75, 3.05) is 43.1 Å². The summed E-state index contributed by atoms with van der Waals surface area (Å²) in [6, 6.07) is 2.15. The van der Waals surface area contributed by atoms with Gasteiger partial charge in [0.15, 0.2) is 0 Å². The summed E-state index contributed by atoms with van der Waals surface area (Å²) < 4.78 is 5.15. The zero-order valence-corrected chi connectivity index (χ0v) is 16.7. The van der Waals surface area contributed by atoms with Crippen LogP contribution in [-0.2, 0) is 16.8 Å². The SMILES string of the molecule is COCc1nnc(N2CC3CN(c4cc(C(C)(C)C)ncn4)CC3C2)s1. The monoisotopic (exact) mass is 374 g/mol. The first kappa shape index (κ1) is 17.6. The molecule has 0 aromatic carbocycles. The van der Waals surface area contributed by atoms with Crippen molar-refractivity contribution in [3.63, 3.8) is 0 Å². The number of fused-ring (bicyclic) bond motifs is 1. The van der Waals surface area contributed by atoms with Gasteiger partial charge < -0.3 is 14.5 Å². The van der Waals surface area contributed by atoms with Crippen LogP contribution in [0.25, 0.3) is 0 Å². The maximum atomic E-state index is 5.15.